The Morgan fingerprint density at radius 1 is 1.05 bits per heavy atom. The molecule has 2 aromatic rings. The molecule has 1 aliphatic rings. The van der Waals surface area contributed by atoms with E-state index < -0.39 is 0 Å². The average Bonchev–Trinajstić information content (AvgIpc) is 2.49. The molecule has 0 N–H and O–H groups in total. The first kappa shape index (κ1) is 13.7. The zero-order valence-corrected chi connectivity index (χ0v) is 12.7. The molecular formula is C18H19ClO. The molecule has 2 aromatic carbocycles. The second-order valence-electron chi connectivity index (χ2n) is 5.49. The van der Waals surface area contributed by atoms with Crippen LogP contribution in [0, 0.1) is 6.92 Å². The van der Waals surface area contributed by atoms with E-state index in [1.165, 1.54) is 16.7 Å². The van der Waals surface area contributed by atoms with Gasteiger partial charge >= 0.3 is 0 Å². The van der Waals surface area contributed by atoms with Crippen molar-refractivity contribution in [2.75, 3.05) is 7.11 Å². The van der Waals surface area contributed by atoms with Crippen molar-refractivity contribution in [2.24, 2.45) is 0 Å². The number of hydrogen-bond donors (Lipinski definition) is 0. The molecule has 0 bridgehead atoms. The number of benzene rings is 2. The van der Waals surface area contributed by atoms with Gasteiger partial charge in [0.15, 0.2) is 0 Å². The smallest absolute Gasteiger partial charge is 0.0824 e. The molecule has 2 heteroatoms. The maximum Gasteiger partial charge on any atom is 0.0824 e. The molecule has 0 spiro atoms. The van der Waals surface area contributed by atoms with Crippen LogP contribution >= 0.6 is 11.6 Å². The van der Waals surface area contributed by atoms with Crippen LogP contribution in [0.1, 0.15) is 47.1 Å². The van der Waals surface area contributed by atoms with Gasteiger partial charge in [-0.05, 0) is 48.1 Å². The average molecular weight is 287 g/mol. The maximum absolute atomic E-state index is 6.15. The number of rotatable bonds is 2. The van der Waals surface area contributed by atoms with Crippen molar-refractivity contribution < 1.29 is 4.74 Å². The fourth-order valence-corrected chi connectivity index (χ4v) is 3.34. The summed E-state index contributed by atoms with van der Waals surface area (Å²) in [6.45, 7) is 2.07. The largest absolute Gasteiger partial charge is 0.377 e. The summed E-state index contributed by atoms with van der Waals surface area (Å²) in [5.74, 6) is 0.452. The number of aryl methyl sites for hydroxylation is 1. The van der Waals surface area contributed by atoms with Crippen LogP contribution in [-0.2, 0) is 4.74 Å². The lowest BCUT2D eigenvalue weighted by molar-refractivity contribution is 0.0859. The molecule has 104 valence electrons. The van der Waals surface area contributed by atoms with Crippen LogP contribution in [0.25, 0.3) is 0 Å². The van der Waals surface area contributed by atoms with Gasteiger partial charge in [0.1, 0.15) is 0 Å². The highest BCUT2D eigenvalue weighted by molar-refractivity contribution is 6.31. The summed E-state index contributed by atoms with van der Waals surface area (Å²) in [4.78, 5) is 0. The standard InChI is InChI=1S/C18H19ClO/c1-12-11-13(7-9-17(12)19)14-8-10-18(20-2)16-6-4-3-5-15(14)16/h3-7,9,11,14,18H,8,10H2,1-2H3. The van der Waals surface area contributed by atoms with Crippen molar-refractivity contribution in [3.05, 3.63) is 69.7 Å². The summed E-state index contributed by atoms with van der Waals surface area (Å²) in [6.07, 6.45) is 2.42. The Morgan fingerprint density at radius 2 is 1.80 bits per heavy atom. The first-order valence-corrected chi connectivity index (χ1v) is 7.46. The molecule has 1 nitrogen and oxygen atoms in total. The summed E-state index contributed by atoms with van der Waals surface area (Å²) < 4.78 is 5.62. The normalized spacial score (nSPS) is 21.6. The SMILES string of the molecule is COC1CCC(c2ccc(Cl)c(C)c2)c2ccccc21. The summed E-state index contributed by atoms with van der Waals surface area (Å²) >= 11 is 6.15. The number of ether oxygens (including phenoxy) is 1. The summed E-state index contributed by atoms with van der Waals surface area (Å²) in [5, 5.41) is 0.840. The minimum atomic E-state index is 0.232. The molecule has 0 amide bonds. The lowest BCUT2D eigenvalue weighted by Gasteiger charge is -2.31. The Balaban J connectivity index is 2.05. The van der Waals surface area contributed by atoms with Gasteiger partial charge in [-0.2, -0.15) is 0 Å². The lowest BCUT2D eigenvalue weighted by atomic mass is 9.77. The molecule has 0 saturated carbocycles. The minimum Gasteiger partial charge on any atom is -0.377 e. The van der Waals surface area contributed by atoms with E-state index in [0.29, 0.717) is 5.92 Å². The molecule has 3 rings (SSSR count). The van der Waals surface area contributed by atoms with Crippen molar-refractivity contribution in [1.29, 1.82) is 0 Å². The van der Waals surface area contributed by atoms with E-state index in [2.05, 4.69) is 43.3 Å². The molecule has 1 aliphatic carbocycles. The zero-order valence-electron chi connectivity index (χ0n) is 11.9. The fourth-order valence-electron chi connectivity index (χ4n) is 3.23. The molecule has 0 heterocycles. The van der Waals surface area contributed by atoms with Crippen LogP contribution in [0.15, 0.2) is 42.5 Å². The third-order valence-electron chi connectivity index (χ3n) is 4.30. The van der Waals surface area contributed by atoms with Gasteiger partial charge in [-0.3, -0.25) is 0 Å². The Kier molecular flexibility index (Phi) is 3.82. The molecule has 0 aliphatic heterocycles. The van der Waals surface area contributed by atoms with Crippen LogP contribution in [-0.4, -0.2) is 7.11 Å². The van der Waals surface area contributed by atoms with E-state index in [1.54, 1.807) is 7.11 Å². The monoisotopic (exact) mass is 286 g/mol. The number of fused-ring (bicyclic) bond motifs is 1. The second-order valence-corrected chi connectivity index (χ2v) is 5.90. The van der Waals surface area contributed by atoms with Crippen LogP contribution < -0.4 is 0 Å². The van der Waals surface area contributed by atoms with E-state index in [0.717, 1.165) is 23.4 Å². The zero-order chi connectivity index (χ0) is 14.1. The van der Waals surface area contributed by atoms with Crippen molar-refractivity contribution >= 4 is 11.6 Å². The molecule has 0 aromatic heterocycles. The molecule has 2 atom stereocenters. The maximum atomic E-state index is 6.15. The van der Waals surface area contributed by atoms with E-state index in [-0.39, 0.29) is 6.10 Å². The quantitative estimate of drug-likeness (QED) is 0.731. The van der Waals surface area contributed by atoms with Gasteiger partial charge < -0.3 is 4.74 Å². The third-order valence-corrected chi connectivity index (χ3v) is 4.73. The Bertz CT molecular complexity index is 621. The van der Waals surface area contributed by atoms with E-state index in [9.17, 15) is 0 Å². The van der Waals surface area contributed by atoms with Gasteiger partial charge in [-0.15, -0.1) is 0 Å². The Morgan fingerprint density at radius 3 is 2.50 bits per heavy atom. The highest BCUT2D eigenvalue weighted by Crippen LogP contribution is 2.42. The summed E-state index contributed by atoms with van der Waals surface area (Å²) in [5.41, 5.74) is 5.23. The van der Waals surface area contributed by atoms with Gasteiger partial charge in [0, 0.05) is 18.1 Å². The first-order valence-electron chi connectivity index (χ1n) is 7.08. The molecule has 20 heavy (non-hydrogen) atoms. The highest BCUT2D eigenvalue weighted by Gasteiger charge is 2.27. The van der Waals surface area contributed by atoms with Crippen LogP contribution in [0.3, 0.4) is 0 Å². The number of hydrogen-bond acceptors (Lipinski definition) is 1. The minimum absolute atomic E-state index is 0.232. The Hall–Kier alpha value is -1.31. The molecular weight excluding hydrogens is 268 g/mol. The van der Waals surface area contributed by atoms with Gasteiger partial charge in [0.05, 0.1) is 6.10 Å². The second kappa shape index (κ2) is 5.59. The predicted octanol–water partition coefficient (Wildman–Crippen LogP) is 5.26. The first-order chi connectivity index (χ1) is 9.70. The van der Waals surface area contributed by atoms with Crippen molar-refractivity contribution in [3.8, 4) is 0 Å². The highest BCUT2D eigenvalue weighted by atomic mass is 35.5. The van der Waals surface area contributed by atoms with Gasteiger partial charge in [0.25, 0.3) is 0 Å². The van der Waals surface area contributed by atoms with Crippen molar-refractivity contribution in [1.82, 2.24) is 0 Å². The topological polar surface area (TPSA) is 9.23 Å². The number of methoxy groups -OCH3 is 1. The summed E-state index contributed by atoms with van der Waals surface area (Å²) in [6, 6.07) is 15.0. The van der Waals surface area contributed by atoms with E-state index in [4.69, 9.17) is 16.3 Å². The molecule has 0 radical (unpaired) electrons. The van der Waals surface area contributed by atoms with Gasteiger partial charge in [-0.1, -0.05) is 48.0 Å². The molecule has 2 unspecified atom stereocenters. The number of halogens is 1. The molecule has 0 saturated heterocycles. The van der Waals surface area contributed by atoms with Crippen LogP contribution in [0.5, 0.6) is 0 Å². The van der Waals surface area contributed by atoms with Crippen LogP contribution in [0.4, 0.5) is 0 Å². The van der Waals surface area contributed by atoms with E-state index >= 15 is 0 Å². The van der Waals surface area contributed by atoms with E-state index in [1.807, 2.05) is 6.07 Å². The summed E-state index contributed by atoms with van der Waals surface area (Å²) in [7, 11) is 1.80. The Labute approximate surface area is 125 Å². The fraction of sp³-hybridized carbons (Fsp3) is 0.333. The van der Waals surface area contributed by atoms with Gasteiger partial charge in [0.2, 0.25) is 0 Å². The van der Waals surface area contributed by atoms with Crippen molar-refractivity contribution in [3.63, 3.8) is 0 Å². The van der Waals surface area contributed by atoms with Gasteiger partial charge in [-0.25, -0.2) is 0 Å². The predicted molar refractivity (Wildman–Crippen MR) is 83.5 cm³/mol. The molecule has 0 fully saturated rings. The third kappa shape index (κ3) is 2.36. The van der Waals surface area contributed by atoms with Crippen LogP contribution in [0.2, 0.25) is 5.02 Å². The lowest BCUT2D eigenvalue weighted by Crippen LogP contribution is -2.16. The van der Waals surface area contributed by atoms with Crippen molar-refractivity contribution in [2.45, 2.75) is 31.8 Å².